The highest BCUT2D eigenvalue weighted by atomic mass is 32.1. The third-order valence-corrected chi connectivity index (χ3v) is 5.63. The van der Waals surface area contributed by atoms with Gasteiger partial charge in [-0.05, 0) is 44.4 Å². The molecule has 120 valence electrons. The SMILES string of the molecule is C[C@H]1CCCc2cc3cc(-c4ncc(C(=O)O)s4)cc(C#N)c3n21. The molecule has 0 aliphatic carbocycles. The first kappa shape index (κ1) is 14.9. The summed E-state index contributed by atoms with van der Waals surface area (Å²) in [7, 11) is 0. The summed E-state index contributed by atoms with van der Waals surface area (Å²) in [5.74, 6) is -0.978. The van der Waals surface area contributed by atoms with Gasteiger partial charge in [0.15, 0.2) is 0 Å². The van der Waals surface area contributed by atoms with Gasteiger partial charge in [-0.25, -0.2) is 9.78 Å². The molecule has 0 spiro atoms. The summed E-state index contributed by atoms with van der Waals surface area (Å²) in [4.78, 5) is 15.5. The van der Waals surface area contributed by atoms with E-state index in [0.29, 0.717) is 16.6 Å². The Morgan fingerprint density at radius 1 is 1.46 bits per heavy atom. The normalized spacial score (nSPS) is 16.8. The molecule has 1 aromatic carbocycles. The van der Waals surface area contributed by atoms with Crippen LogP contribution in [0.5, 0.6) is 0 Å². The minimum Gasteiger partial charge on any atom is -0.477 e. The summed E-state index contributed by atoms with van der Waals surface area (Å²) < 4.78 is 2.28. The Kier molecular flexibility index (Phi) is 3.39. The molecule has 4 rings (SSSR count). The molecule has 1 aliphatic heterocycles. The number of aryl methyl sites for hydroxylation is 1. The van der Waals surface area contributed by atoms with E-state index >= 15 is 0 Å². The van der Waals surface area contributed by atoms with Crippen molar-refractivity contribution in [2.75, 3.05) is 0 Å². The molecular formula is C18H15N3O2S. The highest BCUT2D eigenvalue weighted by Gasteiger charge is 2.22. The number of thiazole rings is 1. The number of hydrogen-bond acceptors (Lipinski definition) is 4. The van der Waals surface area contributed by atoms with Gasteiger partial charge in [-0.2, -0.15) is 5.26 Å². The number of aromatic carboxylic acids is 1. The van der Waals surface area contributed by atoms with Crippen LogP contribution >= 0.6 is 11.3 Å². The number of hydrogen-bond donors (Lipinski definition) is 1. The van der Waals surface area contributed by atoms with Crippen LogP contribution in [0.3, 0.4) is 0 Å². The molecule has 3 aromatic rings. The quantitative estimate of drug-likeness (QED) is 0.759. The average molecular weight is 337 g/mol. The van der Waals surface area contributed by atoms with Crippen molar-refractivity contribution >= 4 is 28.2 Å². The standard InChI is InChI=1S/C18H15N3O2S/c1-10-3-2-4-14-7-11-5-12(6-13(8-19)16(11)21(10)14)17-20-9-15(24-17)18(22)23/h5-7,9-10H,2-4H2,1H3,(H,22,23)/t10-/m0/s1. The molecule has 6 heteroatoms. The Bertz CT molecular complexity index is 1010. The third-order valence-electron chi connectivity index (χ3n) is 4.59. The minimum atomic E-state index is -0.978. The maximum absolute atomic E-state index is 11.1. The lowest BCUT2D eigenvalue weighted by molar-refractivity contribution is 0.0702. The zero-order valence-electron chi connectivity index (χ0n) is 13.1. The van der Waals surface area contributed by atoms with Crippen molar-refractivity contribution in [3.63, 3.8) is 0 Å². The number of rotatable bonds is 2. The van der Waals surface area contributed by atoms with E-state index in [0.717, 1.165) is 40.6 Å². The second-order valence-corrected chi connectivity index (χ2v) is 7.19. The zero-order valence-corrected chi connectivity index (χ0v) is 13.9. The molecule has 0 amide bonds. The van der Waals surface area contributed by atoms with Crippen LogP contribution < -0.4 is 0 Å². The van der Waals surface area contributed by atoms with Crippen LogP contribution in [0.15, 0.2) is 24.4 Å². The van der Waals surface area contributed by atoms with Gasteiger partial charge >= 0.3 is 5.97 Å². The van der Waals surface area contributed by atoms with Gasteiger partial charge in [0.05, 0.1) is 17.3 Å². The maximum atomic E-state index is 11.1. The summed E-state index contributed by atoms with van der Waals surface area (Å²) in [5, 5.41) is 20.4. The Morgan fingerprint density at radius 2 is 2.29 bits per heavy atom. The second-order valence-electron chi connectivity index (χ2n) is 6.16. The molecular weight excluding hydrogens is 322 g/mol. The van der Waals surface area contributed by atoms with E-state index < -0.39 is 5.97 Å². The van der Waals surface area contributed by atoms with Gasteiger partial charge in [0, 0.05) is 22.7 Å². The molecule has 3 heterocycles. The summed E-state index contributed by atoms with van der Waals surface area (Å²) in [6.45, 7) is 2.19. The Balaban J connectivity index is 1.93. The van der Waals surface area contributed by atoms with Crippen molar-refractivity contribution in [2.45, 2.75) is 32.2 Å². The van der Waals surface area contributed by atoms with Gasteiger partial charge in [0.2, 0.25) is 0 Å². The molecule has 0 saturated carbocycles. The number of fused-ring (bicyclic) bond motifs is 3. The molecule has 2 aromatic heterocycles. The number of nitriles is 1. The fourth-order valence-corrected chi connectivity index (χ4v) is 4.29. The molecule has 0 unspecified atom stereocenters. The van der Waals surface area contributed by atoms with Crippen LogP contribution in [0.25, 0.3) is 21.5 Å². The highest BCUT2D eigenvalue weighted by Crippen LogP contribution is 2.36. The van der Waals surface area contributed by atoms with Gasteiger partial charge in [-0.3, -0.25) is 0 Å². The van der Waals surface area contributed by atoms with Crippen LogP contribution in [-0.4, -0.2) is 20.6 Å². The van der Waals surface area contributed by atoms with E-state index in [1.165, 1.54) is 18.3 Å². The van der Waals surface area contributed by atoms with Gasteiger partial charge in [0.1, 0.15) is 16.0 Å². The number of benzene rings is 1. The molecule has 1 N–H and O–H groups in total. The van der Waals surface area contributed by atoms with Gasteiger partial charge in [0.25, 0.3) is 0 Å². The predicted molar refractivity (Wildman–Crippen MR) is 92.4 cm³/mol. The third kappa shape index (κ3) is 2.21. The van der Waals surface area contributed by atoms with Gasteiger partial charge < -0.3 is 9.67 Å². The number of nitrogens with zero attached hydrogens (tertiary/aromatic N) is 3. The Hall–Kier alpha value is -2.65. The van der Waals surface area contributed by atoms with E-state index in [-0.39, 0.29) is 4.88 Å². The van der Waals surface area contributed by atoms with Crippen molar-refractivity contribution in [2.24, 2.45) is 0 Å². The Labute approximate surface area is 142 Å². The molecule has 0 fully saturated rings. The lowest BCUT2D eigenvalue weighted by Gasteiger charge is -2.24. The highest BCUT2D eigenvalue weighted by molar-refractivity contribution is 7.16. The summed E-state index contributed by atoms with van der Waals surface area (Å²) >= 11 is 1.13. The average Bonchev–Trinajstić information content (AvgIpc) is 3.19. The lowest BCUT2D eigenvalue weighted by Crippen LogP contribution is -2.14. The largest absolute Gasteiger partial charge is 0.477 e. The van der Waals surface area contributed by atoms with E-state index in [4.69, 9.17) is 5.11 Å². The first-order chi connectivity index (χ1) is 11.6. The van der Waals surface area contributed by atoms with Crippen LogP contribution in [0.1, 0.15) is 46.7 Å². The van der Waals surface area contributed by atoms with Crippen LogP contribution in [0.4, 0.5) is 0 Å². The first-order valence-electron chi connectivity index (χ1n) is 7.86. The molecule has 0 radical (unpaired) electrons. The van der Waals surface area contributed by atoms with Gasteiger partial charge in [-0.1, -0.05) is 0 Å². The summed E-state index contributed by atoms with van der Waals surface area (Å²) in [5.41, 5.74) is 3.67. The van der Waals surface area contributed by atoms with Crippen LogP contribution in [-0.2, 0) is 6.42 Å². The number of aromatic nitrogens is 2. The van der Waals surface area contributed by atoms with Gasteiger partial charge in [-0.15, -0.1) is 11.3 Å². The minimum absolute atomic E-state index is 0.202. The van der Waals surface area contributed by atoms with Crippen molar-refractivity contribution in [3.8, 4) is 16.6 Å². The maximum Gasteiger partial charge on any atom is 0.347 e. The molecule has 0 bridgehead atoms. The summed E-state index contributed by atoms with van der Waals surface area (Å²) in [6, 6.07) is 8.68. The van der Waals surface area contributed by atoms with Crippen molar-refractivity contribution < 1.29 is 9.90 Å². The molecule has 5 nitrogen and oxygen atoms in total. The van der Waals surface area contributed by atoms with E-state index in [2.05, 4.69) is 28.6 Å². The van der Waals surface area contributed by atoms with Crippen LogP contribution in [0, 0.1) is 11.3 Å². The fourth-order valence-electron chi connectivity index (χ4n) is 3.55. The van der Waals surface area contributed by atoms with Crippen molar-refractivity contribution in [1.82, 2.24) is 9.55 Å². The number of carboxylic acids is 1. The molecule has 24 heavy (non-hydrogen) atoms. The lowest BCUT2D eigenvalue weighted by atomic mass is 10.0. The monoisotopic (exact) mass is 337 g/mol. The topological polar surface area (TPSA) is 78.9 Å². The fraction of sp³-hybridized carbons (Fsp3) is 0.278. The molecule has 0 saturated heterocycles. The Morgan fingerprint density at radius 3 is 3.00 bits per heavy atom. The van der Waals surface area contributed by atoms with E-state index in [1.807, 2.05) is 12.1 Å². The van der Waals surface area contributed by atoms with Crippen LogP contribution in [0.2, 0.25) is 0 Å². The molecule has 1 atom stereocenters. The first-order valence-corrected chi connectivity index (χ1v) is 8.67. The zero-order chi connectivity index (χ0) is 16.8. The predicted octanol–water partition coefficient (Wildman–Crippen LogP) is 4.23. The molecule has 1 aliphatic rings. The van der Waals surface area contributed by atoms with Crippen molar-refractivity contribution in [1.29, 1.82) is 5.26 Å². The van der Waals surface area contributed by atoms with E-state index in [9.17, 15) is 10.1 Å². The number of carbonyl (C=O) groups is 1. The number of carboxylic acid groups (broad SMARTS) is 1. The van der Waals surface area contributed by atoms with Crippen molar-refractivity contribution in [3.05, 3.63) is 40.5 Å². The summed E-state index contributed by atoms with van der Waals surface area (Å²) in [6.07, 6.45) is 4.68. The smallest absolute Gasteiger partial charge is 0.347 e. The second kappa shape index (κ2) is 5.46. The van der Waals surface area contributed by atoms with E-state index in [1.54, 1.807) is 0 Å².